The third-order valence-electron chi connectivity index (χ3n) is 5.60. The van der Waals surface area contributed by atoms with Crippen LogP contribution in [0.3, 0.4) is 0 Å². The standard InChI is InChI=1S/C25H22ClN3O5/c1-33-18-11-7-16(8-12-18)25(17-9-13-19(34-2)14-10-17)23(31)29(24(32)28-25)15-22(30)27-21-6-4-3-5-20(21)26/h3-14H,15H2,1-2H3,(H,27,30)(H,28,32). The van der Waals surface area contributed by atoms with E-state index in [-0.39, 0.29) is 0 Å². The molecule has 3 aromatic carbocycles. The molecule has 0 atom stereocenters. The molecule has 1 saturated heterocycles. The van der Waals surface area contributed by atoms with Crippen LogP contribution in [0.25, 0.3) is 0 Å². The Morgan fingerprint density at radius 3 is 1.94 bits per heavy atom. The van der Waals surface area contributed by atoms with Crippen molar-refractivity contribution in [2.24, 2.45) is 0 Å². The molecule has 0 bridgehead atoms. The quantitative estimate of drug-likeness (QED) is 0.502. The average Bonchev–Trinajstić information content (AvgIpc) is 3.11. The summed E-state index contributed by atoms with van der Waals surface area (Å²) in [5.74, 6) is 0.0572. The number of hydrogen-bond acceptors (Lipinski definition) is 5. The van der Waals surface area contributed by atoms with E-state index in [0.29, 0.717) is 33.3 Å². The molecule has 2 N–H and O–H groups in total. The van der Waals surface area contributed by atoms with E-state index < -0.39 is 29.9 Å². The molecule has 4 rings (SSSR count). The smallest absolute Gasteiger partial charge is 0.326 e. The normalized spacial score (nSPS) is 14.5. The number of carbonyl (C=O) groups excluding carboxylic acids is 3. The summed E-state index contributed by atoms with van der Waals surface area (Å²) in [6.45, 7) is -0.482. The van der Waals surface area contributed by atoms with Gasteiger partial charge in [-0.1, -0.05) is 48.0 Å². The Hall–Kier alpha value is -4.04. The summed E-state index contributed by atoms with van der Waals surface area (Å²) in [5, 5.41) is 5.79. The maximum Gasteiger partial charge on any atom is 0.326 e. The third-order valence-corrected chi connectivity index (χ3v) is 5.93. The van der Waals surface area contributed by atoms with Gasteiger partial charge in [0, 0.05) is 0 Å². The highest BCUT2D eigenvalue weighted by Crippen LogP contribution is 2.37. The lowest BCUT2D eigenvalue weighted by Gasteiger charge is -2.28. The molecular formula is C25H22ClN3O5. The van der Waals surface area contributed by atoms with Crippen molar-refractivity contribution >= 4 is 35.1 Å². The van der Waals surface area contributed by atoms with Crippen molar-refractivity contribution < 1.29 is 23.9 Å². The number of ether oxygens (including phenoxy) is 2. The van der Waals surface area contributed by atoms with Crippen LogP contribution in [0.2, 0.25) is 5.02 Å². The number of benzene rings is 3. The van der Waals surface area contributed by atoms with Crippen molar-refractivity contribution in [3.63, 3.8) is 0 Å². The molecule has 8 nitrogen and oxygen atoms in total. The minimum Gasteiger partial charge on any atom is -0.497 e. The number of nitrogens with zero attached hydrogens (tertiary/aromatic N) is 1. The summed E-state index contributed by atoms with van der Waals surface area (Å²) in [6, 6.07) is 19.6. The average molecular weight is 480 g/mol. The molecule has 1 fully saturated rings. The molecular weight excluding hydrogens is 458 g/mol. The first kappa shape index (κ1) is 23.1. The van der Waals surface area contributed by atoms with E-state index in [2.05, 4.69) is 10.6 Å². The molecule has 3 aromatic rings. The van der Waals surface area contributed by atoms with Gasteiger partial charge in [-0.2, -0.15) is 0 Å². The lowest BCUT2D eigenvalue weighted by Crippen LogP contribution is -2.45. The molecule has 0 radical (unpaired) electrons. The van der Waals surface area contributed by atoms with Crippen LogP contribution in [-0.4, -0.2) is 43.5 Å². The summed E-state index contributed by atoms with van der Waals surface area (Å²) in [6.07, 6.45) is 0. The van der Waals surface area contributed by atoms with Gasteiger partial charge in [-0.3, -0.25) is 14.5 Å². The number of methoxy groups -OCH3 is 2. The summed E-state index contributed by atoms with van der Waals surface area (Å²) < 4.78 is 10.5. The van der Waals surface area contributed by atoms with Crippen LogP contribution in [0, 0.1) is 0 Å². The maximum absolute atomic E-state index is 13.8. The first-order valence-electron chi connectivity index (χ1n) is 10.4. The van der Waals surface area contributed by atoms with Crippen molar-refractivity contribution in [2.75, 3.05) is 26.1 Å². The van der Waals surface area contributed by atoms with Crippen LogP contribution in [-0.2, 0) is 15.1 Å². The molecule has 0 spiro atoms. The lowest BCUT2D eigenvalue weighted by atomic mass is 9.82. The summed E-state index contributed by atoms with van der Waals surface area (Å²) in [7, 11) is 3.08. The van der Waals surface area contributed by atoms with E-state index >= 15 is 0 Å². The van der Waals surface area contributed by atoms with Crippen molar-refractivity contribution in [3.8, 4) is 11.5 Å². The maximum atomic E-state index is 13.8. The minimum atomic E-state index is -1.53. The molecule has 0 aliphatic carbocycles. The van der Waals surface area contributed by atoms with E-state index in [4.69, 9.17) is 21.1 Å². The van der Waals surface area contributed by atoms with Gasteiger partial charge >= 0.3 is 6.03 Å². The van der Waals surface area contributed by atoms with Crippen LogP contribution in [0.15, 0.2) is 72.8 Å². The third kappa shape index (κ3) is 4.15. The highest BCUT2D eigenvalue weighted by molar-refractivity contribution is 6.33. The van der Waals surface area contributed by atoms with E-state index in [1.807, 2.05) is 0 Å². The van der Waals surface area contributed by atoms with Crippen molar-refractivity contribution in [1.29, 1.82) is 0 Å². The molecule has 1 aliphatic heterocycles. The zero-order valence-corrected chi connectivity index (χ0v) is 19.3. The van der Waals surface area contributed by atoms with Crippen LogP contribution in [0.5, 0.6) is 11.5 Å². The Kier molecular flexibility index (Phi) is 6.43. The Morgan fingerprint density at radius 1 is 0.912 bits per heavy atom. The number of urea groups is 1. The molecule has 4 amide bonds. The first-order chi connectivity index (χ1) is 16.4. The fourth-order valence-corrected chi connectivity index (χ4v) is 4.04. The van der Waals surface area contributed by atoms with Crippen LogP contribution >= 0.6 is 11.6 Å². The van der Waals surface area contributed by atoms with Gasteiger partial charge in [0.15, 0.2) is 5.54 Å². The second-order valence-corrected chi connectivity index (χ2v) is 7.96. The zero-order valence-electron chi connectivity index (χ0n) is 18.5. The molecule has 1 aliphatic rings. The Labute approximate surface area is 201 Å². The van der Waals surface area contributed by atoms with Gasteiger partial charge in [0.2, 0.25) is 5.91 Å². The highest BCUT2D eigenvalue weighted by atomic mass is 35.5. The first-order valence-corrected chi connectivity index (χ1v) is 10.7. The monoisotopic (exact) mass is 479 g/mol. The minimum absolute atomic E-state index is 0.346. The summed E-state index contributed by atoms with van der Waals surface area (Å²) in [4.78, 5) is 40.3. The van der Waals surface area contributed by atoms with Crippen LogP contribution in [0.1, 0.15) is 11.1 Å². The van der Waals surface area contributed by atoms with Gasteiger partial charge in [0.1, 0.15) is 18.0 Å². The lowest BCUT2D eigenvalue weighted by molar-refractivity contribution is -0.133. The predicted molar refractivity (Wildman–Crippen MR) is 127 cm³/mol. The van der Waals surface area contributed by atoms with E-state index in [9.17, 15) is 14.4 Å². The number of anilines is 1. The number of imide groups is 1. The van der Waals surface area contributed by atoms with Gasteiger partial charge < -0.3 is 20.1 Å². The number of nitrogens with one attached hydrogen (secondary N) is 2. The summed E-state index contributed by atoms with van der Waals surface area (Å²) in [5.41, 5.74) is -0.102. The predicted octanol–water partition coefficient (Wildman–Crippen LogP) is 3.79. The SMILES string of the molecule is COc1ccc(C2(c3ccc(OC)cc3)NC(=O)N(CC(=O)Nc3ccccc3Cl)C2=O)cc1. The molecule has 0 aromatic heterocycles. The Morgan fingerprint density at radius 2 is 1.44 bits per heavy atom. The number of amides is 4. The molecule has 9 heteroatoms. The highest BCUT2D eigenvalue weighted by Gasteiger charge is 2.54. The van der Waals surface area contributed by atoms with Crippen molar-refractivity contribution in [2.45, 2.75) is 5.54 Å². The zero-order chi connectivity index (χ0) is 24.3. The Balaban J connectivity index is 1.69. The molecule has 1 heterocycles. The topological polar surface area (TPSA) is 97.0 Å². The fourth-order valence-electron chi connectivity index (χ4n) is 3.86. The van der Waals surface area contributed by atoms with Crippen LogP contribution in [0.4, 0.5) is 10.5 Å². The number of carbonyl (C=O) groups is 3. The number of hydrogen-bond donors (Lipinski definition) is 2. The number of halogens is 1. The van der Waals surface area contributed by atoms with E-state index in [0.717, 1.165) is 4.90 Å². The van der Waals surface area contributed by atoms with E-state index in [1.54, 1.807) is 72.8 Å². The summed E-state index contributed by atoms with van der Waals surface area (Å²) >= 11 is 6.10. The second kappa shape index (κ2) is 9.44. The largest absolute Gasteiger partial charge is 0.497 e. The molecule has 0 unspecified atom stereocenters. The van der Waals surface area contributed by atoms with E-state index in [1.165, 1.54) is 14.2 Å². The van der Waals surface area contributed by atoms with Gasteiger partial charge in [0.05, 0.1) is 24.9 Å². The van der Waals surface area contributed by atoms with Gasteiger partial charge in [-0.05, 0) is 47.5 Å². The molecule has 174 valence electrons. The number of rotatable bonds is 7. The van der Waals surface area contributed by atoms with Gasteiger partial charge in [-0.15, -0.1) is 0 Å². The van der Waals surface area contributed by atoms with Crippen LogP contribution < -0.4 is 20.1 Å². The van der Waals surface area contributed by atoms with Gasteiger partial charge in [-0.25, -0.2) is 4.79 Å². The molecule has 34 heavy (non-hydrogen) atoms. The van der Waals surface area contributed by atoms with Crippen molar-refractivity contribution in [1.82, 2.24) is 10.2 Å². The molecule has 0 saturated carbocycles. The van der Waals surface area contributed by atoms with Gasteiger partial charge in [0.25, 0.3) is 5.91 Å². The number of para-hydroxylation sites is 1. The fraction of sp³-hybridized carbons (Fsp3) is 0.160. The second-order valence-electron chi connectivity index (χ2n) is 7.56. The Bertz CT molecular complexity index is 1180. The van der Waals surface area contributed by atoms with Crippen molar-refractivity contribution in [3.05, 3.63) is 88.9 Å².